The van der Waals surface area contributed by atoms with Crippen molar-refractivity contribution in [1.82, 2.24) is 0 Å². The molecular formula is C35H35NO3. The van der Waals surface area contributed by atoms with E-state index in [0.717, 1.165) is 28.0 Å². The standard InChI is InChI=1S/C35H35NO3/c1-5-14-26(2)28(4)36(33-20-13-12-15-27(33)3)35(37)32-22-21-31(38-24-29-16-8-6-9-17-29)23-34(32)39-25-30-18-10-7-11-19-30/h5-23,28H,1,24-25H2,2-4H3. The lowest BCUT2D eigenvalue weighted by Gasteiger charge is -2.32. The highest BCUT2D eigenvalue weighted by molar-refractivity contribution is 6.09. The number of para-hydroxylation sites is 1. The molecule has 0 fully saturated rings. The molecule has 39 heavy (non-hydrogen) atoms. The Balaban J connectivity index is 1.72. The molecule has 0 aliphatic rings. The molecule has 1 amide bonds. The Morgan fingerprint density at radius 2 is 1.44 bits per heavy atom. The summed E-state index contributed by atoms with van der Waals surface area (Å²) in [6.07, 6.45) is 3.69. The maximum atomic E-state index is 14.3. The van der Waals surface area contributed by atoms with Crippen molar-refractivity contribution in [2.75, 3.05) is 4.90 Å². The minimum absolute atomic E-state index is 0.147. The van der Waals surface area contributed by atoms with Gasteiger partial charge in [-0.1, -0.05) is 103 Å². The van der Waals surface area contributed by atoms with Crippen LogP contribution in [0.1, 0.15) is 40.9 Å². The van der Waals surface area contributed by atoms with Crippen LogP contribution in [-0.4, -0.2) is 11.9 Å². The van der Waals surface area contributed by atoms with E-state index in [1.807, 2.05) is 129 Å². The normalized spacial score (nSPS) is 11.9. The zero-order chi connectivity index (χ0) is 27.6. The van der Waals surface area contributed by atoms with Gasteiger partial charge < -0.3 is 14.4 Å². The second-order valence-corrected chi connectivity index (χ2v) is 9.49. The van der Waals surface area contributed by atoms with Crippen molar-refractivity contribution in [3.8, 4) is 11.5 Å². The first kappa shape index (κ1) is 27.5. The third-order valence-electron chi connectivity index (χ3n) is 6.69. The van der Waals surface area contributed by atoms with Gasteiger partial charge in [-0.3, -0.25) is 4.79 Å². The molecule has 0 saturated carbocycles. The fraction of sp³-hybridized carbons (Fsp3) is 0.171. The predicted octanol–water partition coefficient (Wildman–Crippen LogP) is 8.32. The molecule has 0 aliphatic carbocycles. The largest absolute Gasteiger partial charge is 0.489 e. The van der Waals surface area contributed by atoms with E-state index < -0.39 is 0 Å². The predicted molar refractivity (Wildman–Crippen MR) is 159 cm³/mol. The molecule has 0 aromatic heterocycles. The number of ether oxygens (including phenoxy) is 2. The summed E-state index contributed by atoms with van der Waals surface area (Å²) in [5.41, 5.74) is 5.44. The summed E-state index contributed by atoms with van der Waals surface area (Å²) in [6, 6.07) is 33.1. The average Bonchev–Trinajstić information content (AvgIpc) is 2.97. The second-order valence-electron chi connectivity index (χ2n) is 9.49. The SMILES string of the molecule is C=CC=C(C)C(C)N(C(=O)c1ccc(OCc2ccccc2)cc1OCc1ccccc1)c1ccccc1C. The number of aryl methyl sites for hydroxylation is 1. The average molecular weight is 518 g/mol. The zero-order valence-electron chi connectivity index (χ0n) is 22.8. The van der Waals surface area contributed by atoms with Gasteiger partial charge in [0.2, 0.25) is 0 Å². The fourth-order valence-corrected chi connectivity index (χ4v) is 4.35. The first-order valence-corrected chi connectivity index (χ1v) is 13.1. The van der Waals surface area contributed by atoms with Crippen LogP contribution >= 0.6 is 0 Å². The van der Waals surface area contributed by atoms with Crippen molar-refractivity contribution in [3.63, 3.8) is 0 Å². The highest BCUT2D eigenvalue weighted by Gasteiger charge is 2.28. The van der Waals surface area contributed by atoms with E-state index >= 15 is 0 Å². The van der Waals surface area contributed by atoms with Crippen LogP contribution in [0.4, 0.5) is 5.69 Å². The molecule has 4 heteroatoms. The molecule has 1 atom stereocenters. The van der Waals surface area contributed by atoms with Crippen LogP contribution in [0.5, 0.6) is 11.5 Å². The molecule has 0 aliphatic heterocycles. The molecular weight excluding hydrogens is 482 g/mol. The molecule has 0 radical (unpaired) electrons. The lowest BCUT2D eigenvalue weighted by atomic mass is 10.0. The van der Waals surface area contributed by atoms with Crippen molar-refractivity contribution in [3.05, 3.63) is 150 Å². The van der Waals surface area contributed by atoms with Gasteiger partial charge in [-0.25, -0.2) is 0 Å². The monoisotopic (exact) mass is 517 g/mol. The van der Waals surface area contributed by atoms with Gasteiger partial charge in [0, 0.05) is 11.8 Å². The third-order valence-corrected chi connectivity index (χ3v) is 6.69. The summed E-state index contributed by atoms with van der Waals surface area (Å²) >= 11 is 0. The smallest absolute Gasteiger partial charge is 0.262 e. The van der Waals surface area contributed by atoms with Gasteiger partial charge in [-0.2, -0.15) is 0 Å². The topological polar surface area (TPSA) is 38.8 Å². The molecule has 1 unspecified atom stereocenters. The van der Waals surface area contributed by atoms with E-state index in [1.54, 1.807) is 12.1 Å². The van der Waals surface area contributed by atoms with E-state index in [2.05, 4.69) is 6.58 Å². The molecule has 4 rings (SSSR count). The number of hydrogen-bond acceptors (Lipinski definition) is 3. The molecule has 4 aromatic carbocycles. The van der Waals surface area contributed by atoms with Crippen LogP contribution in [-0.2, 0) is 13.2 Å². The van der Waals surface area contributed by atoms with Crippen molar-refractivity contribution in [1.29, 1.82) is 0 Å². The lowest BCUT2D eigenvalue weighted by Crippen LogP contribution is -2.40. The lowest BCUT2D eigenvalue weighted by molar-refractivity contribution is 0.0977. The van der Waals surface area contributed by atoms with E-state index in [0.29, 0.717) is 30.3 Å². The van der Waals surface area contributed by atoms with Gasteiger partial charge in [-0.15, -0.1) is 0 Å². The molecule has 4 nitrogen and oxygen atoms in total. The minimum Gasteiger partial charge on any atom is -0.489 e. The Morgan fingerprint density at radius 1 is 0.846 bits per heavy atom. The van der Waals surface area contributed by atoms with Gasteiger partial charge in [0.25, 0.3) is 5.91 Å². The Kier molecular flexibility index (Phi) is 9.36. The maximum Gasteiger partial charge on any atom is 0.262 e. The van der Waals surface area contributed by atoms with Gasteiger partial charge in [0.05, 0.1) is 11.6 Å². The van der Waals surface area contributed by atoms with Gasteiger partial charge >= 0.3 is 0 Å². The van der Waals surface area contributed by atoms with Gasteiger partial charge in [0.1, 0.15) is 24.7 Å². The summed E-state index contributed by atoms with van der Waals surface area (Å²) in [5, 5.41) is 0. The van der Waals surface area contributed by atoms with Crippen LogP contribution in [0.25, 0.3) is 0 Å². The molecule has 0 N–H and O–H groups in total. The van der Waals surface area contributed by atoms with Crippen LogP contribution in [0.2, 0.25) is 0 Å². The Bertz CT molecular complexity index is 1430. The molecule has 0 saturated heterocycles. The van der Waals surface area contributed by atoms with Gasteiger partial charge in [0.15, 0.2) is 0 Å². The maximum absolute atomic E-state index is 14.3. The van der Waals surface area contributed by atoms with Crippen molar-refractivity contribution < 1.29 is 14.3 Å². The first-order valence-electron chi connectivity index (χ1n) is 13.1. The summed E-state index contributed by atoms with van der Waals surface area (Å²) < 4.78 is 12.4. The van der Waals surface area contributed by atoms with Gasteiger partial charge in [-0.05, 0) is 55.7 Å². The number of allylic oxidation sites excluding steroid dienone is 2. The highest BCUT2D eigenvalue weighted by atomic mass is 16.5. The Hall–Kier alpha value is -4.57. The Morgan fingerprint density at radius 3 is 2.05 bits per heavy atom. The number of nitrogens with zero attached hydrogens (tertiary/aromatic N) is 1. The first-order chi connectivity index (χ1) is 19.0. The van der Waals surface area contributed by atoms with E-state index in [1.165, 1.54) is 0 Å². The van der Waals surface area contributed by atoms with E-state index in [4.69, 9.17) is 9.47 Å². The zero-order valence-corrected chi connectivity index (χ0v) is 22.8. The molecule has 0 spiro atoms. The fourth-order valence-electron chi connectivity index (χ4n) is 4.35. The quantitative estimate of drug-likeness (QED) is 0.188. The van der Waals surface area contributed by atoms with Crippen LogP contribution in [0, 0.1) is 6.92 Å². The molecule has 198 valence electrons. The molecule has 0 bridgehead atoms. The van der Waals surface area contributed by atoms with E-state index in [9.17, 15) is 4.79 Å². The van der Waals surface area contributed by atoms with E-state index in [-0.39, 0.29) is 11.9 Å². The number of hydrogen-bond donors (Lipinski definition) is 0. The summed E-state index contributed by atoms with van der Waals surface area (Å²) in [5.74, 6) is 0.966. The number of carbonyl (C=O) groups is 1. The number of rotatable bonds is 11. The highest BCUT2D eigenvalue weighted by Crippen LogP contribution is 2.32. The van der Waals surface area contributed by atoms with Crippen molar-refractivity contribution >= 4 is 11.6 Å². The molecule has 0 heterocycles. The summed E-state index contributed by atoms with van der Waals surface area (Å²) in [6.45, 7) is 10.6. The van der Waals surface area contributed by atoms with Crippen LogP contribution < -0.4 is 14.4 Å². The number of amides is 1. The van der Waals surface area contributed by atoms with Crippen molar-refractivity contribution in [2.45, 2.75) is 40.0 Å². The number of carbonyl (C=O) groups excluding carboxylic acids is 1. The van der Waals surface area contributed by atoms with Crippen molar-refractivity contribution in [2.24, 2.45) is 0 Å². The number of anilines is 1. The molecule has 4 aromatic rings. The Labute approximate surface area is 231 Å². The van der Waals surface area contributed by atoms with Crippen LogP contribution in [0.15, 0.2) is 127 Å². The second kappa shape index (κ2) is 13.3. The third kappa shape index (κ3) is 7.05. The summed E-state index contributed by atoms with van der Waals surface area (Å²) in [4.78, 5) is 16.2. The minimum atomic E-state index is -0.201. The summed E-state index contributed by atoms with van der Waals surface area (Å²) in [7, 11) is 0. The number of benzene rings is 4. The van der Waals surface area contributed by atoms with Crippen LogP contribution in [0.3, 0.4) is 0 Å².